The third kappa shape index (κ3) is 1.97. The van der Waals surface area contributed by atoms with E-state index in [2.05, 4.69) is 19.9 Å². The number of aliphatic hydroxyl groups is 1. The van der Waals surface area contributed by atoms with E-state index in [0.717, 1.165) is 6.42 Å². The zero-order chi connectivity index (χ0) is 12.5. The number of allylic oxidation sites excluding steroid dienone is 1. The van der Waals surface area contributed by atoms with Gasteiger partial charge >= 0.3 is 0 Å². The summed E-state index contributed by atoms with van der Waals surface area (Å²) in [6.07, 6.45) is 7.97. The van der Waals surface area contributed by atoms with Gasteiger partial charge in [0.2, 0.25) is 0 Å². The van der Waals surface area contributed by atoms with Crippen LogP contribution in [0.25, 0.3) is 0 Å². The lowest BCUT2D eigenvalue weighted by atomic mass is 9.61. The molecule has 17 heavy (non-hydrogen) atoms. The van der Waals surface area contributed by atoms with Gasteiger partial charge in [0.05, 0.1) is 12.3 Å². The molecule has 0 radical (unpaired) electrons. The van der Waals surface area contributed by atoms with Gasteiger partial charge in [-0.1, -0.05) is 13.8 Å². The summed E-state index contributed by atoms with van der Waals surface area (Å²) in [5.41, 5.74) is 1.58. The first kappa shape index (κ1) is 12.5. The van der Waals surface area contributed by atoms with E-state index < -0.39 is 0 Å². The molecule has 4 atom stereocenters. The molecular weight excluding hydrogens is 210 g/mol. The molecule has 94 valence electrons. The summed E-state index contributed by atoms with van der Waals surface area (Å²) in [6, 6.07) is 2.32. The molecule has 0 aromatic rings. The Morgan fingerprint density at radius 2 is 2.35 bits per heavy atom. The lowest BCUT2D eigenvalue weighted by molar-refractivity contribution is 0.0972. The third-order valence-electron chi connectivity index (χ3n) is 5.30. The van der Waals surface area contributed by atoms with E-state index in [-0.39, 0.29) is 0 Å². The van der Waals surface area contributed by atoms with Gasteiger partial charge in [-0.15, -0.1) is 0 Å². The van der Waals surface area contributed by atoms with Crippen LogP contribution < -0.4 is 0 Å². The van der Waals surface area contributed by atoms with Gasteiger partial charge in [0.1, 0.15) is 0 Å². The van der Waals surface area contributed by atoms with Crippen LogP contribution in [0.3, 0.4) is 0 Å². The highest BCUT2D eigenvalue weighted by molar-refractivity contribution is 5.16. The first-order chi connectivity index (χ1) is 8.13. The summed E-state index contributed by atoms with van der Waals surface area (Å²) >= 11 is 0. The zero-order valence-corrected chi connectivity index (χ0v) is 10.9. The first-order valence-electron chi connectivity index (χ1n) is 6.83. The Balaban J connectivity index is 2.21. The number of hydrogen-bond donors (Lipinski definition) is 1. The van der Waals surface area contributed by atoms with Crippen molar-refractivity contribution in [1.82, 2.24) is 0 Å². The molecule has 0 saturated heterocycles. The van der Waals surface area contributed by atoms with E-state index >= 15 is 0 Å². The fourth-order valence-corrected chi connectivity index (χ4v) is 4.46. The molecule has 2 aliphatic carbocycles. The van der Waals surface area contributed by atoms with Crippen molar-refractivity contribution in [3.63, 3.8) is 0 Å². The van der Waals surface area contributed by atoms with Crippen LogP contribution in [0.15, 0.2) is 11.8 Å². The second kappa shape index (κ2) is 4.72. The molecule has 0 amide bonds. The summed E-state index contributed by atoms with van der Waals surface area (Å²) in [6.45, 7) is 4.60. The molecular formula is C15H23NO. The van der Waals surface area contributed by atoms with Gasteiger partial charge in [-0.25, -0.2) is 0 Å². The van der Waals surface area contributed by atoms with Gasteiger partial charge in [0.15, 0.2) is 0 Å². The zero-order valence-electron chi connectivity index (χ0n) is 10.9. The normalized spacial score (nSPS) is 40.9. The van der Waals surface area contributed by atoms with E-state index in [0.29, 0.717) is 29.6 Å². The predicted molar refractivity (Wildman–Crippen MR) is 68.3 cm³/mol. The fraction of sp³-hybridized carbons (Fsp3) is 0.800. The number of nitrogens with zero attached hydrogens (tertiary/aromatic N) is 1. The minimum Gasteiger partial charge on any atom is -0.516 e. The second-order valence-electron chi connectivity index (χ2n) is 6.14. The third-order valence-corrected chi connectivity index (χ3v) is 5.30. The summed E-state index contributed by atoms with van der Waals surface area (Å²) in [7, 11) is 0. The van der Waals surface area contributed by atoms with Crippen LogP contribution in [0.1, 0.15) is 52.4 Å². The van der Waals surface area contributed by atoms with Crippen molar-refractivity contribution >= 4 is 0 Å². The Kier molecular flexibility index (Phi) is 3.47. The predicted octanol–water partition coefficient (Wildman–Crippen LogP) is 4.19. The molecule has 2 fully saturated rings. The second-order valence-corrected chi connectivity index (χ2v) is 6.14. The van der Waals surface area contributed by atoms with Crippen molar-refractivity contribution in [2.75, 3.05) is 0 Å². The molecule has 0 aromatic carbocycles. The van der Waals surface area contributed by atoms with Gasteiger partial charge in [0, 0.05) is 6.42 Å². The average Bonchev–Trinajstić information content (AvgIpc) is 2.66. The summed E-state index contributed by atoms with van der Waals surface area (Å²) in [4.78, 5) is 0. The summed E-state index contributed by atoms with van der Waals surface area (Å²) in [5, 5.41) is 18.2. The van der Waals surface area contributed by atoms with Gasteiger partial charge in [-0.3, -0.25) is 0 Å². The highest BCUT2D eigenvalue weighted by Crippen LogP contribution is 2.59. The van der Waals surface area contributed by atoms with Crippen LogP contribution in [0.2, 0.25) is 0 Å². The number of nitriles is 1. The van der Waals surface area contributed by atoms with Gasteiger partial charge in [-0.2, -0.15) is 5.26 Å². The highest BCUT2D eigenvalue weighted by atomic mass is 16.2. The molecule has 2 aliphatic rings. The van der Waals surface area contributed by atoms with E-state index in [1.54, 1.807) is 0 Å². The summed E-state index contributed by atoms with van der Waals surface area (Å²) < 4.78 is 0. The molecule has 0 aromatic heterocycles. The molecule has 2 saturated carbocycles. The Morgan fingerprint density at radius 3 is 3.00 bits per heavy atom. The Bertz CT molecular complexity index is 354. The SMILES string of the molecule is CC(CC#N)C1CCC2/C(=C/O)CCCC21C. The van der Waals surface area contributed by atoms with Crippen molar-refractivity contribution in [3.8, 4) is 6.07 Å². The van der Waals surface area contributed by atoms with Gasteiger partial charge in [-0.05, 0) is 60.8 Å². The van der Waals surface area contributed by atoms with Crippen LogP contribution in [0.4, 0.5) is 0 Å². The van der Waals surface area contributed by atoms with Crippen LogP contribution in [-0.4, -0.2) is 5.11 Å². The van der Waals surface area contributed by atoms with Crippen molar-refractivity contribution in [2.45, 2.75) is 52.4 Å². The lowest BCUT2D eigenvalue weighted by Crippen LogP contribution is -2.35. The average molecular weight is 233 g/mol. The molecule has 2 rings (SSSR count). The van der Waals surface area contributed by atoms with Crippen LogP contribution in [-0.2, 0) is 0 Å². The highest BCUT2D eigenvalue weighted by Gasteiger charge is 2.50. The van der Waals surface area contributed by atoms with E-state index in [9.17, 15) is 5.11 Å². The van der Waals surface area contributed by atoms with Crippen molar-refractivity contribution < 1.29 is 5.11 Å². The lowest BCUT2D eigenvalue weighted by Gasteiger charge is -2.43. The smallest absolute Gasteiger partial charge is 0.0786 e. The minimum absolute atomic E-state index is 0.322. The molecule has 4 unspecified atom stereocenters. The van der Waals surface area contributed by atoms with Crippen molar-refractivity contribution in [1.29, 1.82) is 5.26 Å². The first-order valence-corrected chi connectivity index (χ1v) is 6.83. The number of rotatable bonds is 2. The van der Waals surface area contributed by atoms with Crippen LogP contribution >= 0.6 is 0 Å². The van der Waals surface area contributed by atoms with Gasteiger partial charge < -0.3 is 5.11 Å². The van der Waals surface area contributed by atoms with E-state index in [1.165, 1.54) is 37.5 Å². The topological polar surface area (TPSA) is 44.0 Å². The Morgan fingerprint density at radius 1 is 1.59 bits per heavy atom. The molecule has 0 spiro atoms. The maximum absolute atomic E-state index is 9.37. The number of fused-ring (bicyclic) bond motifs is 1. The van der Waals surface area contributed by atoms with Crippen molar-refractivity contribution in [2.24, 2.45) is 23.2 Å². The molecule has 2 heteroatoms. The standard InChI is InChI=1S/C15H23NO/c1-11(7-9-16)13-5-6-14-12(10-17)4-3-8-15(13,14)2/h10-11,13-14,17H,3-8H2,1-2H3/b12-10+. The van der Waals surface area contributed by atoms with E-state index in [4.69, 9.17) is 5.26 Å². The summed E-state index contributed by atoms with van der Waals surface area (Å²) in [5.74, 6) is 1.71. The van der Waals surface area contributed by atoms with Gasteiger partial charge in [0.25, 0.3) is 0 Å². The van der Waals surface area contributed by atoms with E-state index in [1.807, 2.05) is 0 Å². The molecule has 0 aliphatic heterocycles. The Labute approximate surface area is 104 Å². The molecule has 0 bridgehead atoms. The van der Waals surface area contributed by atoms with Crippen LogP contribution in [0, 0.1) is 34.5 Å². The maximum atomic E-state index is 9.37. The number of hydrogen-bond acceptors (Lipinski definition) is 2. The molecule has 0 heterocycles. The fourth-order valence-electron chi connectivity index (χ4n) is 4.46. The van der Waals surface area contributed by atoms with Crippen LogP contribution in [0.5, 0.6) is 0 Å². The largest absolute Gasteiger partial charge is 0.516 e. The molecule has 2 nitrogen and oxygen atoms in total. The number of aliphatic hydroxyl groups excluding tert-OH is 1. The quantitative estimate of drug-likeness (QED) is 0.727. The Hall–Kier alpha value is -0.970. The minimum atomic E-state index is 0.322. The molecule has 1 N–H and O–H groups in total. The monoisotopic (exact) mass is 233 g/mol. The van der Waals surface area contributed by atoms with Crippen molar-refractivity contribution in [3.05, 3.63) is 11.8 Å². The maximum Gasteiger partial charge on any atom is 0.0786 e.